The van der Waals surface area contributed by atoms with E-state index in [-0.39, 0.29) is 24.1 Å². The van der Waals surface area contributed by atoms with Crippen LogP contribution in [-0.2, 0) is 9.59 Å². The molecular weight excluding hydrogens is 328 g/mol. The lowest BCUT2D eigenvalue weighted by Gasteiger charge is -2.14. The maximum absolute atomic E-state index is 12.0. The second-order valence-corrected chi connectivity index (χ2v) is 6.31. The molecule has 0 aliphatic rings. The Morgan fingerprint density at radius 2 is 2.00 bits per heavy atom. The molecule has 128 valence electrons. The summed E-state index contributed by atoms with van der Waals surface area (Å²) in [5.74, 6) is 0.147. The van der Waals surface area contributed by atoms with E-state index in [4.69, 9.17) is 4.42 Å². The summed E-state index contributed by atoms with van der Waals surface area (Å²) < 4.78 is 5.59. The third-order valence-electron chi connectivity index (χ3n) is 3.56. The van der Waals surface area contributed by atoms with E-state index in [2.05, 4.69) is 15.5 Å². The molecule has 0 atom stereocenters. The van der Waals surface area contributed by atoms with E-state index in [0.717, 1.165) is 22.9 Å². The monoisotopic (exact) mass is 348 g/mol. The van der Waals surface area contributed by atoms with Crippen molar-refractivity contribution in [2.45, 2.75) is 19.1 Å². The number of nitrogens with one attached hydrogen (secondary N) is 1. The molecule has 2 amide bonds. The van der Waals surface area contributed by atoms with Gasteiger partial charge >= 0.3 is 0 Å². The molecule has 0 fully saturated rings. The van der Waals surface area contributed by atoms with Crippen molar-refractivity contribution in [2.75, 3.05) is 26.4 Å². The van der Waals surface area contributed by atoms with Gasteiger partial charge in [0.1, 0.15) is 0 Å². The minimum Gasteiger partial charge on any atom is -0.411 e. The van der Waals surface area contributed by atoms with E-state index >= 15 is 0 Å². The fraction of sp³-hybridized carbons (Fsp3) is 0.375. The molecule has 0 aliphatic heterocycles. The molecule has 0 spiro atoms. The van der Waals surface area contributed by atoms with Gasteiger partial charge in [-0.2, -0.15) is 0 Å². The Labute approximate surface area is 144 Å². The zero-order chi connectivity index (χ0) is 17.7. The van der Waals surface area contributed by atoms with Crippen LogP contribution in [0.1, 0.15) is 11.1 Å². The molecule has 0 bridgehead atoms. The predicted molar refractivity (Wildman–Crippen MR) is 91.6 cm³/mol. The highest BCUT2D eigenvalue weighted by Crippen LogP contribution is 2.24. The lowest BCUT2D eigenvalue weighted by molar-refractivity contribution is -0.132. The Kier molecular flexibility index (Phi) is 5.97. The highest BCUT2D eigenvalue weighted by molar-refractivity contribution is 7.99. The maximum Gasteiger partial charge on any atom is 0.277 e. The molecule has 0 radical (unpaired) electrons. The number of nitrogens with zero attached hydrogens (tertiary/aromatic N) is 3. The highest BCUT2D eigenvalue weighted by Gasteiger charge is 2.15. The van der Waals surface area contributed by atoms with Crippen LogP contribution in [-0.4, -0.2) is 53.3 Å². The second-order valence-electron chi connectivity index (χ2n) is 5.38. The quantitative estimate of drug-likeness (QED) is 0.799. The van der Waals surface area contributed by atoms with Crippen molar-refractivity contribution in [1.82, 2.24) is 20.4 Å². The van der Waals surface area contributed by atoms with E-state index in [1.807, 2.05) is 32.0 Å². The molecule has 1 aromatic heterocycles. The molecule has 8 heteroatoms. The van der Waals surface area contributed by atoms with Gasteiger partial charge in [0.05, 0.1) is 12.3 Å². The van der Waals surface area contributed by atoms with E-state index in [9.17, 15) is 9.59 Å². The largest absolute Gasteiger partial charge is 0.411 e. The molecule has 0 aliphatic carbocycles. The van der Waals surface area contributed by atoms with Gasteiger partial charge in [-0.05, 0) is 37.1 Å². The van der Waals surface area contributed by atoms with E-state index in [1.54, 1.807) is 7.05 Å². The van der Waals surface area contributed by atoms with Crippen LogP contribution in [0.4, 0.5) is 0 Å². The number of aromatic nitrogens is 2. The van der Waals surface area contributed by atoms with Gasteiger partial charge in [0.15, 0.2) is 0 Å². The first-order valence-electron chi connectivity index (χ1n) is 7.39. The third kappa shape index (κ3) is 4.58. The maximum atomic E-state index is 12.0. The number of amides is 2. The van der Waals surface area contributed by atoms with Crippen LogP contribution in [0.25, 0.3) is 11.5 Å². The Morgan fingerprint density at radius 3 is 2.67 bits per heavy atom. The van der Waals surface area contributed by atoms with Crippen molar-refractivity contribution in [3.8, 4) is 11.5 Å². The van der Waals surface area contributed by atoms with Crippen molar-refractivity contribution in [3.63, 3.8) is 0 Å². The Balaban J connectivity index is 1.95. The van der Waals surface area contributed by atoms with Gasteiger partial charge in [-0.3, -0.25) is 9.59 Å². The van der Waals surface area contributed by atoms with Gasteiger partial charge in [-0.15, -0.1) is 10.2 Å². The molecular formula is C16H20N4O3S. The van der Waals surface area contributed by atoms with Crippen molar-refractivity contribution >= 4 is 23.6 Å². The van der Waals surface area contributed by atoms with Crippen molar-refractivity contribution in [2.24, 2.45) is 0 Å². The number of carbonyl (C=O) groups excluding carboxylic acids is 2. The smallest absolute Gasteiger partial charge is 0.277 e. The van der Waals surface area contributed by atoms with Crippen LogP contribution >= 0.6 is 11.8 Å². The van der Waals surface area contributed by atoms with Gasteiger partial charge < -0.3 is 14.6 Å². The average Bonchev–Trinajstić information content (AvgIpc) is 3.03. The van der Waals surface area contributed by atoms with Crippen LogP contribution in [0.15, 0.2) is 27.8 Å². The lowest BCUT2D eigenvalue weighted by atomic mass is 10.1. The van der Waals surface area contributed by atoms with Gasteiger partial charge in [-0.1, -0.05) is 17.8 Å². The molecule has 0 saturated heterocycles. The number of hydrogen-bond donors (Lipinski definition) is 1. The van der Waals surface area contributed by atoms with Crippen LogP contribution in [0.5, 0.6) is 0 Å². The summed E-state index contributed by atoms with van der Waals surface area (Å²) in [5.41, 5.74) is 3.18. The fourth-order valence-electron chi connectivity index (χ4n) is 1.88. The first-order chi connectivity index (χ1) is 11.4. The Bertz CT molecular complexity index is 745. The van der Waals surface area contributed by atoms with E-state index in [0.29, 0.717) is 11.1 Å². The van der Waals surface area contributed by atoms with Crippen molar-refractivity contribution in [1.29, 1.82) is 0 Å². The second kappa shape index (κ2) is 7.96. The Hall–Kier alpha value is -2.35. The van der Waals surface area contributed by atoms with Crippen LogP contribution < -0.4 is 5.32 Å². The molecule has 1 aromatic carbocycles. The van der Waals surface area contributed by atoms with Gasteiger partial charge in [0.25, 0.3) is 5.22 Å². The summed E-state index contributed by atoms with van der Waals surface area (Å²) in [7, 11) is 3.11. The summed E-state index contributed by atoms with van der Waals surface area (Å²) in [5, 5.41) is 10.8. The number of benzene rings is 1. The molecule has 2 aromatic rings. The van der Waals surface area contributed by atoms with E-state index < -0.39 is 0 Å². The van der Waals surface area contributed by atoms with Gasteiger partial charge in [0, 0.05) is 19.7 Å². The zero-order valence-electron chi connectivity index (χ0n) is 14.1. The van der Waals surface area contributed by atoms with Gasteiger partial charge in [0.2, 0.25) is 17.7 Å². The lowest BCUT2D eigenvalue weighted by Crippen LogP contribution is -2.37. The molecule has 0 unspecified atom stereocenters. The number of carbonyl (C=O) groups is 2. The summed E-state index contributed by atoms with van der Waals surface area (Å²) in [6, 6.07) is 5.91. The van der Waals surface area contributed by atoms with Gasteiger partial charge in [-0.25, -0.2) is 0 Å². The molecule has 24 heavy (non-hydrogen) atoms. The Morgan fingerprint density at radius 1 is 1.25 bits per heavy atom. The molecule has 1 heterocycles. The minimum absolute atomic E-state index is 0.0214. The molecule has 0 saturated carbocycles. The minimum atomic E-state index is -0.217. The van der Waals surface area contributed by atoms with Crippen LogP contribution in [0.2, 0.25) is 0 Å². The molecule has 7 nitrogen and oxygen atoms in total. The summed E-state index contributed by atoms with van der Waals surface area (Å²) in [6.07, 6.45) is 0. The summed E-state index contributed by atoms with van der Waals surface area (Å²) in [6.45, 7) is 4.08. The first kappa shape index (κ1) is 18.0. The average molecular weight is 348 g/mol. The van der Waals surface area contributed by atoms with Crippen LogP contribution in [0, 0.1) is 13.8 Å². The van der Waals surface area contributed by atoms with E-state index in [1.165, 1.54) is 17.5 Å². The summed E-state index contributed by atoms with van der Waals surface area (Å²) in [4.78, 5) is 24.6. The first-order valence-corrected chi connectivity index (χ1v) is 8.37. The topological polar surface area (TPSA) is 88.3 Å². The molecule has 1 N–H and O–H groups in total. The van der Waals surface area contributed by atoms with Crippen LogP contribution in [0.3, 0.4) is 0 Å². The number of thioether (sulfide) groups is 1. The SMILES string of the molecule is CNC(=O)CN(C)C(=O)CSc1nnc(-c2ccc(C)c(C)c2)o1. The predicted octanol–water partition coefficient (Wildman–Crippen LogP) is 1.65. The highest BCUT2D eigenvalue weighted by atomic mass is 32.2. The number of aryl methyl sites for hydroxylation is 2. The normalized spacial score (nSPS) is 10.5. The molecule has 2 rings (SSSR count). The van der Waals surface area contributed by atoms with Crippen molar-refractivity contribution in [3.05, 3.63) is 29.3 Å². The number of likely N-dealkylation sites (N-methyl/N-ethyl adjacent to an activating group) is 2. The summed E-state index contributed by atoms with van der Waals surface area (Å²) >= 11 is 1.15. The zero-order valence-corrected chi connectivity index (χ0v) is 14.9. The fourth-order valence-corrected chi connectivity index (χ4v) is 2.58. The number of hydrogen-bond acceptors (Lipinski definition) is 6. The standard InChI is InChI=1S/C16H20N4O3S/c1-10-5-6-12(7-11(10)2)15-18-19-16(23-15)24-9-14(22)20(4)8-13(21)17-3/h5-7H,8-9H2,1-4H3,(H,17,21). The van der Waals surface area contributed by atoms with Crippen molar-refractivity contribution < 1.29 is 14.0 Å². The third-order valence-corrected chi connectivity index (χ3v) is 4.37. The number of rotatable bonds is 6.